The van der Waals surface area contributed by atoms with Gasteiger partial charge in [-0.3, -0.25) is 14.6 Å². The van der Waals surface area contributed by atoms with E-state index >= 15 is 0 Å². The monoisotopic (exact) mass is 496 g/mol. The van der Waals surface area contributed by atoms with E-state index in [0.29, 0.717) is 35.5 Å². The summed E-state index contributed by atoms with van der Waals surface area (Å²) in [4.78, 5) is 21.6. The largest absolute Gasteiger partial charge is 0.484 e. The Labute approximate surface area is 214 Å². The van der Waals surface area contributed by atoms with Crippen LogP contribution >= 0.6 is 0 Å². The number of fused-ring (bicyclic) bond motifs is 1. The molecule has 10 heteroatoms. The van der Waals surface area contributed by atoms with E-state index in [4.69, 9.17) is 14.7 Å². The van der Waals surface area contributed by atoms with Gasteiger partial charge in [-0.15, -0.1) is 0 Å². The zero-order valence-electron chi connectivity index (χ0n) is 20.9. The molecule has 37 heavy (non-hydrogen) atoms. The Morgan fingerprint density at radius 3 is 2.65 bits per heavy atom. The van der Waals surface area contributed by atoms with Crippen molar-refractivity contribution in [3.63, 3.8) is 0 Å². The Morgan fingerprint density at radius 1 is 1.05 bits per heavy atom. The van der Waals surface area contributed by atoms with E-state index < -0.39 is 0 Å². The first kappa shape index (κ1) is 24.0. The predicted octanol–water partition coefficient (Wildman–Crippen LogP) is 4.32. The van der Waals surface area contributed by atoms with Gasteiger partial charge in [-0.25, -0.2) is 9.97 Å². The first-order valence-corrected chi connectivity index (χ1v) is 12.0. The molecule has 0 radical (unpaired) electrons. The van der Waals surface area contributed by atoms with Crippen LogP contribution in [0.5, 0.6) is 5.75 Å². The molecule has 0 saturated heterocycles. The van der Waals surface area contributed by atoms with Crippen LogP contribution in [0.2, 0.25) is 0 Å². The lowest BCUT2D eigenvalue weighted by Crippen LogP contribution is -2.31. The molecule has 3 aromatic heterocycles. The van der Waals surface area contributed by atoms with Crippen molar-refractivity contribution >= 4 is 28.4 Å². The SMILES string of the molecule is CC(C)CNC(=O)COc1cccc(-c2nc(Nc3ccc(-c4cn[nH]c4)cc3)c3cnn(C)c3n2)c1. The van der Waals surface area contributed by atoms with Gasteiger partial charge in [0.05, 0.1) is 17.8 Å². The van der Waals surface area contributed by atoms with Crippen molar-refractivity contribution in [1.29, 1.82) is 0 Å². The second-order valence-electron chi connectivity index (χ2n) is 9.11. The molecule has 0 aliphatic heterocycles. The highest BCUT2D eigenvalue weighted by Crippen LogP contribution is 2.29. The van der Waals surface area contributed by atoms with E-state index in [0.717, 1.165) is 27.8 Å². The molecule has 0 bridgehead atoms. The van der Waals surface area contributed by atoms with Gasteiger partial charge in [-0.1, -0.05) is 38.1 Å². The molecule has 0 saturated carbocycles. The van der Waals surface area contributed by atoms with Crippen LogP contribution in [0.4, 0.5) is 11.5 Å². The molecule has 0 atom stereocenters. The second-order valence-corrected chi connectivity index (χ2v) is 9.11. The highest BCUT2D eigenvalue weighted by Gasteiger charge is 2.14. The number of nitrogens with zero attached hydrogens (tertiary/aromatic N) is 5. The van der Waals surface area contributed by atoms with Crippen LogP contribution in [0.15, 0.2) is 67.1 Å². The number of ether oxygens (including phenoxy) is 1. The average molecular weight is 497 g/mol. The summed E-state index contributed by atoms with van der Waals surface area (Å²) in [6.07, 6.45) is 5.39. The molecule has 5 rings (SSSR count). The van der Waals surface area contributed by atoms with Crippen molar-refractivity contribution in [1.82, 2.24) is 35.3 Å². The van der Waals surface area contributed by atoms with Crippen LogP contribution < -0.4 is 15.4 Å². The number of nitrogens with one attached hydrogen (secondary N) is 3. The summed E-state index contributed by atoms with van der Waals surface area (Å²) < 4.78 is 7.43. The third-order valence-electron chi connectivity index (χ3n) is 5.74. The number of aromatic amines is 1. The van der Waals surface area contributed by atoms with E-state index in [9.17, 15) is 4.79 Å². The third kappa shape index (κ3) is 5.58. The molecule has 3 heterocycles. The molecule has 0 aliphatic rings. The topological polar surface area (TPSA) is 123 Å². The summed E-state index contributed by atoms with van der Waals surface area (Å²) in [5, 5.41) is 18.3. The quantitative estimate of drug-likeness (QED) is 0.278. The first-order chi connectivity index (χ1) is 18.0. The molecule has 0 fully saturated rings. The molecular weight excluding hydrogens is 468 g/mol. The van der Waals surface area contributed by atoms with Crippen molar-refractivity contribution in [2.24, 2.45) is 13.0 Å². The molecule has 10 nitrogen and oxygen atoms in total. The minimum absolute atomic E-state index is 0.0561. The van der Waals surface area contributed by atoms with Gasteiger partial charge in [-0.2, -0.15) is 10.2 Å². The van der Waals surface area contributed by atoms with Gasteiger partial charge in [0.2, 0.25) is 0 Å². The molecule has 3 N–H and O–H groups in total. The van der Waals surface area contributed by atoms with E-state index in [1.54, 1.807) is 17.1 Å². The van der Waals surface area contributed by atoms with Gasteiger partial charge in [0.25, 0.3) is 5.91 Å². The molecule has 0 unspecified atom stereocenters. The number of amides is 1. The highest BCUT2D eigenvalue weighted by molar-refractivity contribution is 5.90. The summed E-state index contributed by atoms with van der Waals surface area (Å²) in [5.41, 5.74) is 4.42. The van der Waals surface area contributed by atoms with Crippen molar-refractivity contribution in [2.75, 3.05) is 18.5 Å². The molecular formula is C27H28N8O2. The fourth-order valence-corrected chi connectivity index (χ4v) is 3.78. The summed E-state index contributed by atoms with van der Waals surface area (Å²) in [6, 6.07) is 15.4. The molecule has 1 amide bonds. The predicted molar refractivity (Wildman–Crippen MR) is 142 cm³/mol. The smallest absolute Gasteiger partial charge is 0.257 e. The molecule has 0 spiro atoms. The Morgan fingerprint density at radius 2 is 1.89 bits per heavy atom. The Balaban J connectivity index is 1.39. The van der Waals surface area contributed by atoms with Gasteiger partial charge in [0, 0.05) is 36.6 Å². The summed E-state index contributed by atoms with van der Waals surface area (Å²) in [5.74, 6) is 1.95. The number of hydrogen-bond acceptors (Lipinski definition) is 7. The molecule has 188 valence electrons. The molecule has 5 aromatic rings. The van der Waals surface area contributed by atoms with Gasteiger partial charge in [0.15, 0.2) is 18.1 Å². The van der Waals surface area contributed by atoms with E-state index in [1.807, 2.05) is 75.6 Å². The minimum Gasteiger partial charge on any atom is -0.484 e. The average Bonchev–Trinajstić information content (AvgIpc) is 3.57. The lowest BCUT2D eigenvalue weighted by molar-refractivity contribution is -0.123. The number of aromatic nitrogens is 6. The van der Waals surface area contributed by atoms with Gasteiger partial charge < -0.3 is 15.4 Å². The maximum absolute atomic E-state index is 12.1. The first-order valence-electron chi connectivity index (χ1n) is 12.0. The number of H-pyrrole nitrogens is 1. The second kappa shape index (κ2) is 10.5. The minimum atomic E-state index is -0.156. The standard InChI is InChI=1S/C27H28N8O2/c1-17(2)12-28-24(36)16-37-22-6-4-5-19(11-22)25-33-26(23-15-31-35(3)27(23)34-25)32-21-9-7-18(8-10-21)20-13-29-30-14-20/h4-11,13-15,17H,12,16H2,1-3H3,(H,28,36)(H,29,30)(H,32,33,34). The van der Waals surface area contributed by atoms with Crippen LogP contribution in [-0.2, 0) is 11.8 Å². The number of anilines is 2. The zero-order chi connectivity index (χ0) is 25.8. The van der Waals surface area contributed by atoms with Crippen LogP contribution in [0.25, 0.3) is 33.5 Å². The van der Waals surface area contributed by atoms with E-state index in [2.05, 4.69) is 25.9 Å². The van der Waals surface area contributed by atoms with Gasteiger partial charge >= 0.3 is 0 Å². The summed E-state index contributed by atoms with van der Waals surface area (Å²) >= 11 is 0. The van der Waals surface area contributed by atoms with E-state index in [-0.39, 0.29) is 12.5 Å². The third-order valence-corrected chi connectivity index (χ3v) is 5.74. The Hall–Kier alpha value is -4.73. The number of carbonyl (C=O) groups excluding carboxylic acids is 1. The van der Waals surface area contributed by atoms with Crippen molar-refractivity contribution < 1.29 is 9.53 Å². The van der Waals surface area contributed by atoms with Crippen molar-refractivity contribution in [3.05, 3.63) is 67.1 Å². The van der Waals surface area contributed by atoms with Crippen LogP contribution in [0, 0.1) is 5.92 Å². The lowest BCUT2D eigenvalue weighted by atomic mass is 10.1. The normalized spacial score (nSPS) is 11.1. The summed E-state index contributed by atoms with van der Waals surface area (Å²) in [7, 11) is 1.85. The van der Waals surface area contributed by atoms with Crippen LogP contribution in [0.3, 0.4) is 0 Å². The number of hydrogen-bond donors (Lipinski definition) is 3. The van der Waals surface area contributed by atoms with Crippen molar-refractivity contribution in [2.45, 2.75) is 13.8 Å². The molecule has 0 aliphatic carbocycles. The van der Waals surface area contributed by atoms with Crippen LogP contribution in [-0.4, -0.2) is 49.0 Å². The molecule has 2 aromatic carbocycles. The van der Waals surface area contributed by atoms with E-state index in [1.165, 1.54) is 0 Å². The zero-order valence-corrected chi connectivity index (χ0v) is 20.9. The Bertz CT molecular complexity index is 1510. The Kier molecular flexibility index (Phi) is 6.80. The highest BCUT2D eigenvalue weighted by atomic mass is 16.5. The van der Waals surface area contributed by atoms with Crippen molar-refractivity contribution in [3.8, 4) is 28.3 Å². The number of aryl methyl sites for hydroxylation is 1. The fourth-order valence-electron chi connectivity index (χ4n) is 3.78. The lowest BCUT2D eigenvalue weighted by Gasteiger charge is -2.11. The van der Waals surface area contributed by atoms with Gasteiger partial charge in [0.1, 0.15) is 11.6 Å². The fraction of sp³-hybridized carbons (Fsp3) is 0.222. The number of rotatable bonds is 9. The maximum Gasteiger partial charge on any atom is 0.257 e. The number of carbonyl (C=O) groups is 1. The maximum atomic E-state index is 12.1. The number of benzene rings is 2. The summed E-state index contributed by atoms with van der Waals surface area (Å²) in [6.45, 7) is 4.65. The van der Waals surface area contributed by atoms with Crippen LogP contribution in [0.1, 0.15) is 13.8 Å². The van der Waals surface area contributed by atoms with Gasteiger partial charge in [-0.05, 0) is 35.7 Å².